The highest BCUT2D eigenvalue weighted by atomic mass is 16.2. The first-order valence-electron chi connectivity index (χ1n) is 8.40. The minimum absolute atomic E-state index is 0.452. The molecule has 0 spiro atoms. The molecule has 2 N–H and O–H groups in total. The first-order chi connectivity index (χ1) is 11.2. The lowest BCUT2D eigenvalue weighted by atomic mass is 10.1. The van der Waals surface area contributed by atoms with E-state index >= 15 is 0 Å². The fraction of sp³-hybridized carbons (Fsp3) is 0.529. The summed E-state index contributed by atoms with van der Waals surface area (Å²) in [7, 11) is 0. The van der Waals surface area contributed by atoms with Crippen LogP contribution in [0, 0.1) is 0 Å². The van der Waals surface area contributed by atoms with Crippen LogP contribution in [-0.2, 0) is 9.59 Å². The molecule has 2 fully saturated rings. The molecule has 0 aromatic heterocycles. The molecule has 124 valence electrons. The molecule has 0 atom stereocenters. The van der Waals surface area contributed by atoms with E-state index < -0.39 is 11.8 Å². The maximum Gasteiger partial charge on any atom is 0.313 e. The topological polar surface area (TPSA) is 64.7 Å². The highest BCUT2D eigenvalue weighted by Gasteiger charge is 2.23. The predicted molar refractivity (Wildman–Crippen MR) is 90.6 cm³/mol. The van der Waals surface area contributed by atoms with E-state index in [1.54, 1.807) is 4.90 Å². The number of hydrogen-bond donors (Lipinski definition) is 2. The van der Waals surface area contributed by atoms with E-state index in [2.05, 4.69) is 15.5 Å². The Balaban J connectivity index is 1.56. The summed E-state index contributed by atoms with van der Waals surface area (Å²) in [5, 5.41) is 5.87. The van der Waals surface area contributed by atoms with Crippen molar-refractivity contribution in [3.05, 3.63) is 24.3 Å². The number of carbonyl (C=O) groups excluding carboxylic acids is 2. The minimum atomic E-state index is -0.558. The SMILES string of the molecule is O=C(Nc1ccc(N2CCCCC2)cc1)C(=O)N1CCNCC1. The minimum Gasteiger partial charge on any atom is -0.372 e. The van der Waals surface area contributed by atoms with Gasteiger partial charge in [-0.15, -0.1) is 0 Å². The molecule has 23 heavy (non-hydrogen) atoms. The average Bonchev–Trinajstić information content (AvgIpc) is 2.63. The zero-order valence-corrected chi connectivity index (χ0v) is 13.4. The molecule has 2 heterocycles. The van der Waals surface area contributed by atoms with E-state index in [1.807, 2.05) is 24.3 Å². The van der Waals surface area contributed by atoms with Crippen LogP contribution < -0.4 is 15.5 Å². The molecule has 2 saturated heterocycles. The zero-order valence-electron chi connectivity index (χ0n) is 13.4. The van der Waals surface area contributed by atoms with Crippen LogP contribution in [0.1, 0.15) is 19.3 Å². The Bertz CT molecular complexity index is 546. The van der Waals surface area contributed by atoms with Crippen LogP contribution in [-0.4, -0.2) is 56.0 Å². The van der Waals surface area contributed by atoms with Gasteiger partial charge in [0.15, 0.2) is 0 Å². The molecule has 2 aliphatic rings. The molecule has 0 unspecified atom stereocenters. The summed E-state index contributed by atoms with van der Waals surface area (Å²) in [5.74, 6) is -1.01. The van der Waals surface area contributed by atoms with Crippen LogP contribution in [0.5, 0.6) is 0 Å². The van der Waals surface area contributed by atoms with Crippen LogP contribution in [0.25, 0.3) is 0 Å². The Morgan fingerprint density at radius 2 is 1.57 bits per heavy atom. The number of hydrogen-bond acceptors (Lipinski definition) is 4. The van der Waals surface area contributed by atoms with Crippen molar-refractivity contribution >= 4 is 23.2 Å². The van der Waals surface area contributed by atoms with Gasteiger partial charge in [0.25, 0.3) is 0 Å². The number of piperidine rings is 1. The van der Waals surface area contributed by atoms with Gasteiger partial charge in [-0.3, -0.25) is 9.59 Å². The van der Waals surface area contributed by atoms with E-state index in [9.17, 15) is 9.59 Å². The number of piperazine rings is 1. The molecule has 2 amide bonds. The first-order valence-corrected chi connectivity index (χ1v) is 8.40. The third-order valence-electron chi connectivity index (χ3n) is 4.44. The summed E-state index contributed by atoms with van der Waals surface area (Å²) in [4.78, 5) is 28.1. The van der Waals surface area contributed by atoms with Crippen LogP contribution in [0.2, 0.25) is 0 Å². The third-order valence-corrected chi connectivity index (χ3v) is 4.44. The van der Waals surface area contributed by atoms with E-state index in [1.165, 1.54) is 24.9 Å². The zero-order chi connectivity index (χ0) is 16.1. The second-order valence-electron chi connectivity index (χ2n) is 6.09. The van der Waals surface area contributed by atoms with Gasteiger partial charge < -0.3 is 20.4 Å². The fourth-order valence-electron chi connectivity index (χ4n) is 3.10. The highest BCUT2D eigenvalue weighted by molar-refractivity contribution is 6.39. The van der Waals surface area contributed by atoms with E-state index in [0.717, 1.165) is 26.2 Å². The molecule has 0 radical (unpaired) electrons. The Morgan fingerprint density at radius 1 is 0.913 bits per heavy atom. The lowest BCUT2D eigenvalue weighted by molar-refractivity contribution is -0.143. The number of rotatable bonds is 2. The predicted octanol–water partition coefficient (Wildman–Crippen LogP) is 1.05. The van der Waals surface area contributed by atoms with Gasteiger partial charge in [0, 0.05) is 50.6 Å². The molecule has 1 aromatic rings. The first kappa shape index (κ1) is 15.8. The largest absolute Gasteiger partial charge is 0.372 e. The molecule has 2 aliphatic heterocycles. The number of amides is 2. The maximum absolute atomic E-state index is 12.1. The van der Waals surface area contributed by atoms with Crippen LogP contribution in [0.15, 0.2) is 24.3 Å². The Morgan fingerprint density at radius 3 is 2.22 bits per heavy atom. The second-order valence-corrected chi connectivity index (χ2v) is 6.09. The van der Waals surface area contributed by atoms with Gasteiger partial charge in [0.05, 0.1) is 0 Å². The molecular formula is C17H24N4O2. The normalized spacial score (nSPS) is 18.6. The van der Waals surface area contributed by atoms with Gasteiger partial charge in [-0.05, 0) is 43.5 Å². The maximum atomic E-state index is 12.1. The van der Waals surface area contributed by atoms with Crippen molar-refractivity contribution < 1.29 is 9.59 Å². The summed E-state index contributed by atoms with van der Waals surface area (Å²) < 4.78 is 0. The van der Waals surface area contributed by atoms with Crippen molar-refractivity contribution in [3.63, 3.8) is 0 Å². The van der Waals surface area contributed by atoms with Crippen LogP contribution in [0.3, 0.4) is 0 Å². The number of anilines is 2. The molecule has 0 saturated carbocycles. The Hall–Kier alpha value is -2.08. The highest BCUT2D eigenvalue weighted by Crippen LogP contribution is 2.21. The Labute approximate surface area is 136 Å². The number of nitrogens with one attached hydrogen (secondary N) is 2. The molecule has 0 aliphatic carbocycles. The third kappa shape index (κ3) is 4.01. The summed E-state index contributed by atoms with van der Waals surface area (Å²) in [5.41, 5.74) is 1.84. The van der Waals surface area contributed by atoms with Crippen molar-refractivity contribution in [1.82, 2.24) is 10.2 Å². The summed E-state index contributed by atoms with van der Waals surface area (Å²) in [6, 6.07) is 7.76. The van der Waals surface area contributed by atoms with Gasteiger partial charge in [-0.25, -0.2) is 0 Å². The summed E-state index contributed by atoms with van der Waals surface area (Å²) in [6.07, 6.45) is 3.77. The standard InChI is InChI=1S/C17H24N4O2/c22-16(17(23)21-12-8-18-9-13-21)19-14-4-6-15(7-5-14)20-10-2-1-3-11-20/h4-7,18H,1-3,8-13H2,(H,19,22). The molecular weight excluding hydrogens is 292 g/mol. The van der Waals surface area contributed by atoms with Gasteiger partial charge >= 0.3 is 11.8 Å². The lowest BCUT2D eigenvalue weighted by Crippen LogP contribution is -2.49. The van der Waals surface area contributed by atoms with E-state index in [-0.39, 0.29) is 0 Å². The summed E-state index contributed by atoms with van der Waals surface area (Å²) >= 11 is 0. The van der Waals surface area contributed by atoms with Crippen molar-refractivity contribution in [1.29, 1.82) is 0 Å². The second kappa shape index (κ2) is 7.46. The molecule has 0 bridgehead atoms. The van der Waals surface area contributed by atoms with Gasteiger partial charge in [-0.1, -0.05) is 0 Å². The molecule has 6 heteroatoms. The van der Waals surface area contributed by atoms with Crippen LogP contribution >= 0.6 is 0 Å². The summed E-state index contributed by atoms with van der Waals surface area (Å²) in [6.45, 7) is 4.83. The number of nitrogens with zero attached hydrogens (tertiary/aromatic N) is 2. The van der Waals surface area contributed by atoms with E-state index in [4.69, 9.17) is 0 Å². The quantitative estimate of drug-likeness (QED) is 0.801. The van der Waals surface area contributed by atoms with Gasteiger partial charge in [-0.2, -0.15) is 0 Å². The lowest BCUT2D eigenvalue weighted by Gasteiger charge is -2.29. The van der Waals surface area contributed by atoms with Crippen molar-refractivity contribution in [2.45, 2.75) is 19.3 Å². The Kier molecular flexibility index (Phi) is 5.12. The van der Waals surface area contributed by atoms with Gasteiger partial charge in [0.2, 0.25) is 0 Å². The monoisotopic (exact) mass is 316 g/mol. The van der Waals surface area contributed by atoms with Crippen molar-refractivity contribution in [2.75, 3.05) is 49.5 Å². The number of benzene rings is 1. The fourth-order valence-corrected chi connectivity index (χ4v) is 3.10. The average molecular weight is 316 g/mol. The number of carbonyl (C=O) groups is 2. The van der Waals surface area contributed by atoms with Crippen LogP contribution in [0.4, 0.5) is 11.4 Å². The molecule has 3 rings (SSSR count). The van der Waals surface area contributed by atoms with E-state index in [0.29, 0.717) is 18.8 Å². The molecule has 1 aromatic carbocycles. The molecule has 6 nitrogen and oxygen atoms in total. The van der Waals surface area contributed by atoms with Crippen molar-refractivity contribution in [2.24, 2.45) is 0 Å². The van der Waals surface area contributed by atoms with Crippen molar-refractivity contribution in [3.8, 4) is 0 Å². The smallest absolute Gasteiger partial charge is 0.313 e. The van der Waals surface area contributed by atoms with Gasteiger partial charge in [0.1, 0.15) is 0 Å².